The van der Waals surface area contributed by atoms with Crippen molar-refractivity contribution in [1.29, 1.82) is 0 Å². The average Bonchev–Trinajstić information content (AvgIpc) is 2.29. The summed E-state index contributed by atoms with van der Waals surface area (Å²) in [5.41, 5.74) is 2.82. The lowest BCUT2D eigenvalue weighted by Gasteiger charge is -2.30. The highest BCUT2D eigenvalue weighted by Gasteiger charge is 2.28. The summed E-state index contributed by atoms with van der Waals surface area (Å²) in [6, 6.07) is 0. The SMILES string of the molecule is CC[C@@H](C)C1=CC=C2C=NC=CC2C1Br. The molecule has 0 fully saturated rings. The molecule has 0 N–H and O–H groups in total. The van der Waals surface area contributed by atoms with Crippen LogP contribution in [0, 0.1) is 11.8 Å². The van der Waals surface area contributed by atoms with Crippen LogP contribution in [-0.2, 0) is 0 Å². The van der Waals surface area contributed by atoms with Gasteiger partial charge in [-0.1, -0.05) is 53.6 Å². The van der Waals surface area contributed by atoms with Crippen molar-refractivity contribution in [3.05, 3.63) is 35.6 Å². The Hall–Kier alpha value is -0.630. The maximum absolute atomic E-state index is 4.16. The monoisotopic (exact) mass is 265 g/mol. The Labute approximate surface area is 99.8 Å². The molecule has 0 bridgehead atoms. The smallest absolute Gasteiger partial charge is 0.0464 e. The summed E-state index contributed by atoms with van der Waals surface area (Å²) in [6.45, 7) is 4.53. The van der Waals surface area contributed by atoms with E-state index in [1.165, 1.54) is 17.6 Å². The molecule has 0 spiro atoms. The predicted octanol–water partition coefficient (Wildman–Crippen LogP) is 3.88. The van der Waals surface area contributed by atoms with Crippen molar-refractivity contribution in [2.75, 3.05) is 0 Å². The van der Waals surface area contributed by atoms with Gasteiger partial charge in [-0.2, -0.15) is 0 Å². The Morgan fingerprint density at radius 1 is 1.47 bits per heavy atom. The molecule has 80 valence electrons. The van der Waals surface area contributed by atoms with Crippen molar-refractivity contribution in [1.82, 2.24) is 0 Å². The number of allylic oxidation sites excluding steroid dienone is 5. The molecule has 0 aromatic heterocycles. The normalized spacial score (nSPS) is 30.6. The van der Waals surface area contributed by atoms with Gasteiger partial charge in [-0.15, -0.1) is 0 Å². The van der Waals surface area contributed by atoms with Crippen LogP contribution in [0.2, 0.25) is 0 Å². The fourth-order valence-corrected chi connectivity index (χ4v) is 3.14. The Bertz CT molecular complexity index is 363. The van der Waals surface area contributed by atoms with E-state index in [4.69, 9.17) is 0 Å². The summed E-state index contributed by atoms with van der Waals surface area (Å²) in [4.78, 5) is 4.60. The Morgan fingerprint density at radius 2 is 2.27 bits per heavy atom. The van der Waals surface area contributed by atoms with Crippen LogP contribution in [0.4, 0.5) is 0 Å². The average molecular weight is 266 g/mol. The van der Waals surface area contributed by atoms with Gasteiger partial charge in [-0.3, -0.25) is 4.99 Å². The van der Waals surface area contributed by atoms with Crippen molar-refractivity contribution < 1.29 is 0 Å². The first kappa shape index (κ1) is 10.9. The standard InChI is InChI=1S/C13H16BrN/c1-3-9(2)11-5-4-10-8-15-7-6-12(10)13(11)14/h4-9,12-13H,3H2,1-2H3/t9-,12?,13?/m1/s1. The Balaban J connectivity index is 2.29. The molecule has 0 aromatic carbocycles. The Kier molecular flexibility index (Phi) is 3.25. The van der Waals surface area contributed by atoms with Crippen LogP contribution >= 0.6 is 15.9 Å². The molecule has 1 nitrogen and oxygen atoms in total. The second-order valence-electron chi connectivity index (χ2n) is 4.19. The zero-order chi connectivity index (χ0) is 10.8. The van der Waals surface area contributed by atoms with Gasteiger partial charge in [-0.05, 0) is 17.9 Å². The summed E-state index contributed by atoms with van der Waals surface area (Å²) >= 11 is 3.82. The van der Waals surface area contributed by atoms with Crippen molar-refractivity contribution in [3.63, 3.8) is 0 Å². The van der Waals surface area contributed by atoms with Crippen LogP contribution in [0.5, 0.6) is 0 Å². The number of fused-ring (bicyclic) bond motifs is 1. The highest BCUT2D eigenvalue weighted by atomic mass is 79.9. The van der Waals surface area contributed by atoms with Gasteiger partial charge in [0.25, 0.3) is 0 Å². The van der Waals surface area contributed by atoms with Crippen molar-refractivity contribution in [3.8, 4) is 0 Å². The molecule has 1 heterocycles. The molecule has 0 saturated carbocycles. The zero-order valence-electron chi connectivity index (χ0n) is 9.15. The molecule has 0 radical (unpaired) electrons. The highest BCUT2D eigenvalue weighted by Crippen LogP contribution is 2.37. The third kappa shape index (κ3) is 2.00. The van der Waals surface area contributed by atoms with E-state index < -0.39 is 0 Å². The van der Waals surface area contributed by atoms with Gasteiger partial charge < -0.3 is 0 Å². The summed E-state index contributed by atoms with van der Waals surface area (Å²) in [5, 5.41) is 0. The van der Waals surface area contributed by atoms with E-state index in [1.807, 2.05) is 12.4 Å². The molecule has 2 rings (SSSR count). The lowest BCUT2D eigenvalue weighted by Crippen LogP contribution is -2.25. The van der Waals surface area contributed by atoms with Gasteiger partial charge in [-0.25, -0.2) is 0 Å². The van der Waals surface area contributed by atoms with Crippen LogP contribution in [0.3, 0.4) is 0 Å². The molecule has 1 aliphatic heterocycles. The third-order valence-corrected chi connectivity index (χ3v) is 4.37. The highest BCUT2D eigenvalue weighted by molar-refractivity contribution is 9.09. The van der Waals surface area contributed by atoms with E-state index in [9.17, 15) is 0 Å². The summed E-state index contributed by atoms with van der Waals surface area (Å²) < 4.78 is 0. The van der Waals surface area contributed by atoms with Crippen LogP contribution in [0.25, 0.3) is 0 Å². The molecule has 15 heavy (non-hydrogen) atoms. The van der Waals surface area contributed by atoms with Crippen LogP contribution in [0.15, 0.2) is 40.6 Å². The van der Waals surface area contributed by atoms with Crippen LogP contribution in [0.1, 0.15) is 20.3 Å². The van der Waals surface area contributed by atoms with E-state index in [0.29, 0.717) is 16.7 Å². The van der Waals surface area contributed by atoms with E-state index >= 15 is 0 Å². The van der Waals surface area contributed by atoms with Gasteiger partial charge in [0, 0.05) is 23.2 Å². The quantitative estimate of drug-likeness (QED) is 0.673. The van der Waals surface area contributed by atoms with Gasteiger partial charge in [0.1, 0.15) is 0 Å². The predicted molar refractivity (Wildman–Crippen MR) is 69.5 cm³/mol. The molecule has 0 aromatic rings. The van der Waals surface area contributed by atoms with E-state index in [2.05, 4.69) is 53.0 Å². The summed E-state index contributed by atoms with van der Waals surface area (Å²) in [5.74, 6) is 1.12. The topological polar surface area (TPSA) is 12.4 Å². The number of nitrogens with zero attached hydrogens (tertiary/aromatic N) is 1. The van der Waals surface area contributed by atoms with Crippen molar-refractivity contribution in [2.45, 2.75) is 25.1 Å². The van der Waals surface area contributed by atoms with Crippen molar-refractivity contribution in [2.24, 2.45) is 16.8 Å². The first-order valence-electron chi connectivity index (χ1n) is 5.49. The largest absolute Gasteiger partial charge is 0.265 e. The maximum Gasteiger partial charge on any atom is 0.0464 e. The van der Waals surface area contributed by atoms with E-state index in [-0.39, 0.29) is 0 Å². The number of aliphatic imine (C=N–C) groups is 1. The molecular weight excluding hydrogens is 250 g/mol. The third-order valence-electron chi connectivity index (χ3n) is 3.27. The number of rotatable bonds is 2. The lowest BCUT2D eigenvalue weighted by molar-refractivity contribution is 0.601. The molecule has 3 atom stereocenters. The van der Waals surface area contributed by atoms with Gasteiger partial charge >= 0.3 is 0 Å². The van der Waals surface area contributed by atoms with Gasteiger partial charge in [0.15, 0.2) is 0 Å². The maximum atomic E-state index is 4.16. The second-order valence-corrected chi connectivity index (χ2v) is 5.18. The van der Waals surface area contributed by atoms with Crippen LogP contribution in [-0.4, -0.2) is 11.0 Å². The fourth-order valence-electron chi connectivity index (χ4n) is 2.05. The summed E-state index contributed by atoms with van der Waals surface area (Å²) in [7, 11) is 0. The molecule has 1 aliphatic carbocycles. The first-order chi connectivity index (χ1) is 7.24. The molecular formula is C13H16BrN. The van der Waals surface area contributed by atoms with E-state index in [0.717, 1.165) is 0 Å². The Morgan fingerprint density at radius 3 is 3.00 bits per heavy atom. The number of hydrogen-bond donors (Lipinski definition) is 0. The van der Waals surface area contributed by atoms with Gasteiger partial charge in [0.2, 0.25) is 0 Å². The zero-order valence-corrected chi connectivity index (χ0v) is 10.7. The first-order valence-corrected chi connectivity index (χ1v) is 6.41. The molecule has 2 heteroatoms. The minimum absolute atomic E-state index is 0.440. The minimum atomic E-state index is 0.440. The molecule has 0 amide bonds. The van der Waals surface area contributed by atoms with E-state index in [1.54, 1.807) is 0 Å². The molecule has 2 unspecified atom stereocenters. The lowest BCUT2D eigenvalue weighted by atomic mass is 9.81. The minimum Gasteiger partial charge on any atom is -0.265 e. The molecule has 2 aliphatic rings. The summed E-state index contributed by atoms with van der Waals surface area (Å²) in [6.07, 6.45) is 11.7. The number of halogens is 1. The molecule has 0 saturated heterocycles. The number of alkyl halides is 1. The van der Waals surface area contributed by atoms with Crippen molar-refractivity contribution >= 4 is 22.1 Å². The second kappa shape index (κ2) is 4.48. The van der Waals surface area contributed by atoms with Gasteiger partial charge in [0.05, 0.1) is 0 Å². The number of hydrogen-bond acceptors (Lipinski definition) is 1. The van der Waals surface area contributed by atoms with Crippen LogP contribution < -0.4 is 0 Å². The fraction of sp³-hybridized carbons (Fsp3) is 0.462.